The summed E-state index contributed by atoms with van der Waals surface area (Å²) >= 11 is 0. The van der Waals surface area contributed by atoms with Gasteiger partial charge >= 0.3 is 5.97 Å². The molecule has 1 heterocycles. The topological polar surface area (TPSA) is 93.6 Å². The van der Waals surface area contributed by atoms with Gasteiger partial charge in [0.2, 0.25) is 5.95 Å². The average molecular weight is 331 g/mol. The molecule has 0 aliphatic carbocycles. The van der Waals surface area contributed by atoms with Crippen molar-refractivity contribution in [2.75, 3.05) is 19.5 Å². The number of carbonyl (C=O) groups is 1. The Labute approximate surface area is 140 Å². The molecule has 1 aromatic heterocycles. The third-order valence-electron chi connectivity index (χ3n) is 3.49. The first-order chi connectivity index (χ1) is 11.5. The van der Waals surface area contributed by atoms with Crippen LogP contribution in [-0.2, 0) is 6.54 Å². The molecule has 0 fully saturated rings. The number of aromatic carboxylic acids is 1. The van der Waals surface area contributed by atoms with Crippen LogP contribution in [0.1, 0.15) is 41.4 Å². The molecule has 128 valence electrons. The minimum atomic E-state index is -1.02. The number of carboxylic acid groups (broad SMARTS) is 1. The number of nitrogens with one attached hydrogen (secondary N) is 1. The van der Waals surface area contributed by atoms with E-state index in [9.17, 15) is 9.90 Å². The number of ether oxygens (including phenoxy) is 2. The van der Waals surface area contributed by atoms with Crippen LogP contribution in [-0.4, -0.2) is 35.3 Å². The summed E-state index contributed by atoms with van der Waals surface area (Å²) in [5.41, 5.74) is 1.60. The molecule has 7 nitrogen and oxygen atoms in total. The van der Waals surface area contributed by atoms with E-state index in [-0.39, 0.29) is 11.5 Å². The van der Waals surface area contributed by atoms with Gasteiger partial charge in [0, 0.05) is 12.7 Å². The molecule has 0 atom stereocenters. The summed E-state index contributed by atoms with van der Waals surface area (Å²) < 4.78 is 10.5. The highest BCUT2D eigenvalue weighted by atomic mass is 16.5. The largest absolute Gasteiger partial charge is 0.493 e. The lowest BCUT2D eigenvalue weighted by Gasteiger charge is -2.12. The van der Waals surface area contributed by atoms with E-state index in [1.54, 1.807) is 14.2 Å². The molecule has 0 saturated carbocycles. The van der Waals surface area contributed by atoms with Crippen molar-refractivity contribution >= 4 is 11.9 Å². The summed E-state index contributed by atoms with van der Waals surface area (Å²) in [5.74, 6) is 0.650. The molecule has 24 heavy (non-hydrogen) atoms. The molecule has 0 aliphatic rings. The lowest BCUT2D eigenvalue weighted by Crippen LogP contribution is -2.11. The molecular formula is C17H21N3O4. The van der Waals surface area contributed by atoms with E-state index < -0.39 is 5.97 Å². The number of aromatic nitrogens is 2. The number of benzene rings is 1. The molecule has 0 saturated heterocycles. The van der Waals surface area contributed by atoms with Crippen molar-refractivity contribution in [2.24, 2.45) is 0 Å². The Balaban J connectivity index is 2.17. The highest BCUT2D eigenvalue weighted by Crippen LogP contribution is 2.27. The average Bonchev–Trinajstić information content (AvgIpc) is 2.59. The second kappa shape index (κ2) is 7.63. The number of hydrogen-bond acceptors (Lipinski definition) is 6. The maximum absolute atomic E-state index is 11.2. The molecule has 0 spiro atoms. The van der Waals surface area contributed by atoms with E-state index in [2.05, 4.69) is 15.3 Å². The van der Waals surface area contributed by atoms with Crippen LogP contribution in [0.4, 0.5) is 5.95 Å². The van der Waals surface area contributed by atoms with Crippen LogP contribution in [0.25, 0.3) is 0 Å². The molecule has 0 radical (unpaired) electrons. The molecule has 7 heteroatoms. The van der Waals surface area contributed by atoms with Crippen LogP contribution in [0.5, 0.6) is 11.5 Å². The smallest absolute Gasteiger partial charge is 0.339 e. The number of hydrogen-bond donors (Lipinski definition) is 2. The van der Waals surface area contributed by atoms with Crippen LogP contribution in [0, 0.1) is 0 Å². The summed E-state index contributed by atoms with van der Waals surface area (Å²) in [6.45, 7) is 4.27. The third kappa shape index (κ3) is 3.92. The van der Waals surface area contributed by atoms with Crippen LogP contribution < -0.4 is 14.8 Å². The fraction of sp³-hybridized carbons (Fsp3) is 0.353. The van der Waals surface area contributed by atoms with Gasteiger partial charge in [0.15, 0.2) is 11.5 Å². The van der Waals surface area contributed by atoms with Gasteiger partial charge in [-0.3, -0.25) is 0 Å². The standard InChI is InChI=1S/C17H21N3O4/c1-10(2)15-12(16(21)22)9-19-17(20-15)18-8-11-5-6-13(23-3)14(7-11)24-4/h5-7,9-10H,8H2,1-4H3,(H,21,22)(H,18,19,20). The Kier molecular flexibility index (Phi) is 5.57. The Morgan fingerprint density at radius 2 is 1.96 bits per heavy atom. The minimum Gasteiger partial charge on any atom is -0.493 e. The fourth-order valence-electron chi connectivity index (χ4n) is 2.26. The van der Waals surface area contributed by atoms with Crippen molar-refractivity contribution in [3.05, 3.63) is 41.2 Å². The van der Waals surface area contributed by atoms with E-state index in [0.717, 1.165) is 5.56 Å². The van der Waals surface area contributed by atoms with Gasteiger partial charge in [0.05, 0.1) is 25.5 Å². The number of carboxylic acids is 1. The Morgan fingerprint density at radius 1 is 1.25 bits per heavy atom. The summed E-state index contributed by atoms with van der Waals surface area (Å²) in [6, 6.07) is 5.59. The van der Waals surface area contributed by atoms with Crippen LogP contribution >= 0.6 is 0 Å². The maximum atomic E-state index is 11.2. The quantitative estimate of drug-likeness (QED) is 0.805. The van der Waals surface area contributed by atoms with Crippen molar-refractivity contribution in [3.63, 3.8) is 0 Å². The Bertz CT molecular complexity index is 732. The van der Waals surface area contributed by atoms with E-state index >= 15 is 0 Å². The molecule has 0 bridgehead atoms. The molecular weight excluding hydrogens is 310 g/mol. The number of methoxy groups -OCH3 is 2. The lowest BCUT2D eigenvalue weighted by atomic mass is 10.1. The SMILES string of the molecule is COc1ccc(CNc2ncc(C(=O)O)c(C(C)C)n2)cc1OC. The predicted octanol–water partition coefficient (Wildman–Crippen LogP) is 2.93. The van der Waals surface area contributed by atoms with Crippen molar-refractivity contribution in [1.82, 2.24) is 9.97 Å². The Morgan fingerprint density at radius 3 is 2.54 bits per heavy atom. The van der Waals surface area contributed by atoms with Crippen molar-refractivity contribution in [2.45, 2.75) is 26.3 Å². The maximum Gasteiger partial charge on any atom is 0.339 e. The van der Waals surface area contributed by atoms with Gasteiger partial charge in [-0.15, -0.1) is 0 Å². The number of rotatable bonds is 7. The van der Waals surface area contributed by atoms with E-state index in [0.29, 0.717) is 29.7 Å². The van der Waals surface area contributed by atoms with Gasteiger partial charge in [-0.25, -0.2) is 14.8 Å². The number of nitrogens with zero attached hydrogens (tertiary/aromatic N) is 2. The van der Waals surface area contributed by atoms with Gasteiger partial charge < -0.3 is 19.9 Å². The summed E-state index contributed by atoms with van der Waals surface area (Å²) in [7, 11) is 3.17. The summed E-state index contributed by atoms with van der Waals surface area (Å²) in [4.78, 5) is 19.6. The highest BCUT2D eigenvalue weighted by Gasteiger charge is 2.16. The van der Waals surface area contributed by atoms with E-state index in [1.165, 1.54) is 6.20 Å². The predicted molar refractivity (Wildman–Crippen MR) is 90.0 cm³/mol. The molecule has 1 aromatic carbocycles. The Hall–Kier alpha value is -2.83. The molecule has 2 N–H and O–H groups in total. The first-order valence-corrected chi connectivity index (χ1v) is 7.51. The van der Waals surface area contributed by atoms with E-state index in [1.807, 2.05) is 32.0 Å². The molecule has 0 unspecified atom stereocenters. The highest BCUT2D eigenvalue weighted by molar-refractivity contribution is 5.88. The monoisotopic (exact) mass is 331 g/mol. The first kappa shape index (κ1) is 17.5. The molecule has 0 amide bonds. The summed E-state index contributed by atoms with van der Waals surface area (Å²) in [5, 5.41) is 12.3. The normalized spacial score (nSPS) is 10.5. The van der Waals surface area contributed by atoms with Gasteiger partial charge in [0.1, 0.15) is 0 Å². The third-order valence-corrected chi connectivity index (χ3v) is 3.49. The van der Waals surface area contributed by atoms with E-state index in [4.69, 9.17) is 9.47 Å². The van der Waals surface area contributed by atoms with Crippen LogP contribution in [0.15, 0.2) is 24.4 Å². The van der Waals surface area contributed by atoms with Gasteiger partial charge in [0.25, 0.3) is 0 Å². The molecule has 2 aromatic rings. The van der Waals surface area contributed by atoms with Crippen molar-refractivity contribution < 1.29 is 19.4 Å². The van der Waals surface area contributed by atoms with Crippen molar-refractivity contribution in [1.29, 1.82) is 0 Å². The second-order valence-corrected chi connectivity index (χ2v) is 5.50. The zero-order chi connectivity index (χ0) is 17.7. The van der Waals surface area contributed by atoms with Crippen LogP contribution in [0.3, 0.4) is 0 Å². The summed E-state index contributed by atoms with van der Waals surface area (Å²) in [6.07, 6.45) is 1.33. The zero-order valence-corrected chi connectivity index (χ0v) is 14.2. The lowest BCUT2D eigenvalue weighted by molar-refractivity contribution is 0.0694. The van der Waals surface area contributed by atoms with Crippen molar-refractivity contribution in [3.8, 4) is 11.5 Å². The van der Waals surface area contributed by atoms with Crippen LogP contribution in [0.2, 0.25) is 0 Å². The van der Waals surface area contributed by atoms with Gasteiger partial charge in [-0.1, -0.05) is 19.9 Å². The first-order valence-electron chi connectivity index (χ1n) is 7.51. The molecule has 0 aliphatic heterocycles. The van der Waals surface area contributed by atoms with Gasteiger partial charge in [-0.05, 0) is 23.6 Å². The molecule has 2 rings (SSSR count). The zero-order valence-electron chi connectivity index (χ0n) is 14.2. The van der Waals surface area contributed by atoms with Gasteiger partial charge in [-0.2, -0.15) is 0 Å². The minimum absolute atomic E-state index is 0.0132. The fourth-order valence-corrected chi connectivity index (χ4v) is 2.26. The number of anilines is 1. The second-order valence-electron chi connectivity index (χ2n) is 5.50.